The topological polar surface area (TPSA) is 0 Å². The Bertz CT molecular complexity index is 164. The zero-order valence-electron chi connectivity index (χ0n) is 12.0. The van der Waals surface area contributed by atoms with E-state index in [1.807, 2.05) is 0 Å². The monoisotopic (exact) mass is 305 g/mol. The van der Waals surface area contributed by atoms with Crippen LogP contribution in [0.4, 0.5) is 0 Å². The van der Waals surface area contributed by atoms with Crippen molar-refractivity contribution >= 4 is 0 Å². The van der Waals surface area contributed by atoms with Crippen LogP contribution in [0.5, 0.6) is 0 Å². The Hall–Kier alpha value is 0.440. The lowest BCUT2D eigenvalue weighted by atomic mass is 10.1. The van der Waals surface area contributed by atoms with E-state index in [9.17, 15) is 0 Å². The number of likely N-dealkylation sites (tertiary alicyclic amines) is 1. The first kappa shape index (κ1) is 17.4. The second-order valence-electron chi connectivity index (χ2n) is 5.66. The smallest absolute Gasteiger partial charge is 0.0786 e. The van der Waals surface area contributed by atoms with Gasteiger partial charge in [0, 0.05) is 0 Å². The summed E-state index contributed by atoms with van der Waals surface area (Å²) in [6.45, 7) is 10.4. The van der Waals surface area contributed by atoms with Gasteiger partial charge in [-0.05, 0) is 39.0 Å². The van der Waals surface area contributed by atoms with Crippen LogP contribution in [-0.2, 0) is 0 Å². The molecular formula is C15H32BrN. The molecule has 1 rings (SSSR count). The zero-order valence-corrected chi connectivity index (χ0v) is 13.6. The zero-order chi connectivity index (χ0) is 11.7. The first-order chi connectivity index (χ1) is 7.83. The summed E-state index contributed by atoms with van der Waals surface area (Å²) in [6, 6.07) is 0. The van der Waals surface area contributed by atoms with Gasteiger partial charge >= 0.3 is 0 Å². The number of hydrogen-bond acceptors (Lipinski definition) is 0. The average molecular weight is 306 g/mol. The summed E-state index contributed by atoms with van der Waals surface area (Å²) >= 11 is 0. The highest BCUT2D eigenvalue weighted by Gasteiger charge is 2.26. The number of unbranched alkanes of at least 4 members (excludes halogenated alkanes) is 5. The van der Waals surface area contributed by atoms with E-state index in [0.717, 1.165) is 0 Å². The lowest BCUT2D eigenvalue weighted by molar-refractivity contribution is -0.931. The molecule has 0 spiro atoms. The molecule has 0 bridgehead atoms. The molecule has 1 saturated heterocycles. The Morgan fingerprint density at radius 1 is 0.765 bits per heavy atom. The SMILES string of the molecule is CCCCCCCC[N+]1(CC)CCCCC1.[Br-]. The van der Waals surface area contributed by atoms with E-state index in [2.05, 4.69) is 13.8 Å². The predicted molar refractivity (Wildman–Crippen MR) is 72.6 cm³/mol. The second kappa shape index (κ2) is 10.4. The number of quaternary nitrogens is 1. The number of rotatable bonds is 8. The third-order valence-electron chi connectivity index (χ3n) is 4.42. The first-order valence-corrected chi connectivity index (χ1v) is 7.68. The quantitative estimate of drug-likeness (QED) is 0.469. The van der Waals surface area contributed by atoms with Crippen LogP contribution in [0.2, 0.25) is 0 Å². The van der Waals surface area contributed by atoms with Crippen molar-refractivity contribution in [2.75, 3.05) is 26.2 Å². The molecular weight excluding hydrogens is 274 g/mol. The molecule has 1 aliphatic heterocycles. The van der Waals surface area contributed by atoms with Crippen LogP contribution >= 0.6 is 0 Å². The molecule has 0 aliphatic carbocycles. The van der Waals surface area contributed by atoms with E-state index < -0.39 is 0 Å². The summed E-state index contributed by atoms with van der Waals surface area (Å²) in [5.41, 5.74) is 0. The lowest BCUT2D eigenvalue weighted by Gasteiger charge is -2.41. The van der Waals surface area contributed by atoms with Gasteiger partial charge in [-0.1, -0.05) is 32.6 Å². The Labute approximate surface area is 119 Å². The number of halogens is 1. The fraction of sp³-hybridized carbons (Fsp3) is 1.00. The summed E-state index contributed by atoms with van der Waals surface area (Å²) in [5.74, 6) is 0. The summed E-state index contributed by atoms with van der Waals surface area (Å²) in [5, 5.41) is 0. The van der Waals surface area contributed by atoms with Gasteiger partial charge in [0.25, 0.3) is 0 Å². The van der Waals surface area contributed by atoms with E-state index in [1.165, 1.54) is 88.4 Å². The number of hydrogen-bond donors (Lipinski definition) is 0. The number of nitrogens with zero attached hydrogens (tertiary/aromatic N) is 1. The van der Waals surface area contributed by atoms with Crippen molar-refractivity contribution in [1.82, 2.24) is 0 Å². The normalized spacial score (nSPS) is 18.7. The molecule has 1 heterocycles. The Morgan fingerprint density at radius 2 is 1.35 bits per heavy atom. The summed E-state index contributed by atoms with van der Waals surface area (Å²) in [6.07, 6.45) is 13.1. The fourth-order valence-corrected chi connectivity index (χ4v) is 3.11. The van der Waals surface area contributed by atoms with Crippen molar-refractivity contribution in [3.8, 4) is 0 Å². The standard InChI is InChI=1S/C15H32N.BrH/c1-3-5-6-7-8-10-13-16(4-2)14-11-9-12-15-16;/h3-15H2,1-2H3;1H/q+1;/p-1. The molecule has 1 fully saturated rings. The maximum atomic E-state index is 2.39. The minimum Gasteiger partial charge on any atom is -1.00 e. The highest BCUT2D eigenvalue weighted by molar-refractivity contribution is 4.54. The van der Waals surface area contributed by atoms with E-state index in [0.29, 0.717) is 0 Å². The van der Waals surface area contributed by atoms with Crippen LogP contribution in [0.15, 0.2) is 0 Å². The lowest BCUT2D eigenvalue weighted by Crippen LogP contribution is -3.00. The molecule has 1 aliphatic rings. The molecule has 0 aromatic rings. The molecule has 17 heavy (non-hydrogen) atoms. The van der Waals surface area contributed by atoms with Crippen LogP contribution in [0.25, 0.3) is 0 Å². The van der Waals surface area contributed by atoms with Gasteiger partial charge in [-0.3, -0.25) is 0 Å². The molecule has 2 heteroatoms. The molecule has 0 amide bonds. The second-order valence-corrected chi connectivity index (χ2v) is 5.66. The molecule has 0 saturated carbocycles. The molecule has 0 radical (unpaired) electrons. The molecule has 0 unspecified atom stereocenters. The van der Waals surface area contributed by atoms with Gasteiger partial charge in [0.15, 0.2) is 0 Å². The molecule has 104 valence electrons. The van der Waals surface area contributed by atoms with E-state index in [4.69, 9.17) is 0 Å². The minimum atomic E-state index is 0. The largest absolute Gasteiger partial charge is 1.00 e. The van der Waals surface area contributed by atoms with Crippen molar-refractivity contribution in [1.29, 1.82) is 0 Å². The van der Waals surface area contributed by atoms with Crippen LogP contribution in [0.3, 0.4) is 0 Å². The first-order valence-electron chi connectivity index (χ1n) is 7.68. The Morgan fingerprint density at radius 3 is 1.94 bits per heavy atom. The van der Waals surface area contributed by atoms with E-state index >= 15 is 0 Å². The van der Waals surface area contributed by atoms with Gasteiger partial charge in [-0.25, -0.2) is 0 Å². The molecule has 0 atom stereocenters. The third kappa shape index (κ3) is 6.81. The van der Waals surface area contributed by atoms with E-state index in [-0.39, 0.29) is 17.0 Å². The summed E-state index contributed by atoms with van der Waals surface area (Å²) < 4.78 is 1.44. The number of piperidine rings is 1. The van der Waals surface area contributed by atoms with Crippen molar-refractivity contribution < 1.29 is 21.5 Å². The maximum absolute atomic E-state index is 2.39. The van der Waals surface area contributed by atoms with Crippen LogP contribution in [0.1, 0.15) is 71.6 Å². The minimum absolute atomic E-state index is 0. The Balaban J connectivity index is 0.00000256. The van der Waals surface area contributed by atoms with Crippen molar-refractivity contribution in [2.24, 2.45) is 0 Å². The van der Waals surface area contributed by atoms with E-state index in [1.54, 1.807) is 0 Å². The van der Waals surface area contributed by atoms with Gasteiger partial charge in [0.2, 0.25) is 0 Å². The average Bonchev–Trinajstić information content (AvgIpc) is 2.35. The predicted octanol–water partition coefficient (Wildman–Crippen LogP) is 1.37. The highest BCUT2D eigenvalue weighted by Crippen LogP contribution is 2.20. The van der Waals surface area contributed by atoms with Crippen LogP contribution < -0.4 is 17.0 Å². The fourth-order valence-electron chi connectivity index (χ4n) is 3.11. The van der Waals surface area contributed by atoms with Gasteiger partial charge in [-0.2, -0.15) is 0 Å². The van der Waals surface area contributed by atoms with Crippen molar-refractivity contribution in [3.05, 3.63) is 0 Å². The summed E-state index contributed by atoms with van der Waals surface area (Å²) in [4.78, 5) is 0. The molecule has 0 aromatic heterocycles. The van der Waals surface area contributed by atoms with Gasteiger partial charge in [-0.15, -0.1) is 0 Å². The van der Waals surface area contributed by atoms with Crippen molar-refractivity contribution in [2.45, 2.75) is 71.6 Å². The highest BCUT2D eigenvalue weighted by atomic mass is 79.9. The molecule has 0 N–H and O–H groups in total. The van der Waals surface area contributed by atoms with Gasteiger partial charge in [0.05, 0.1) is 26.2 Å². The Kier molecular flexibility index (Phi) is 10.6. The van der Waals surface area contributed by atoms with Gasteiger partial charge in [0.1, 0.15) is 0 Å². The maximum Gasteiger partial charge on any atom is 0.0786 e. The summed E-state index contributed by atoms with van der Waals surface area (Å²) in [7, 11) is 0. The van der Waals surface area contributed by atoms with Crippen molar-refractivity contribution in [3.63, 3.8) is 0 Å². The van der Waals surface area contributed by atoms with Crippen LogP contribution in [0, 0.1) is 0 Å². The molecule has 1 nitrogen and oxygen atoms in total. The van der Waals surface area contributed by atoms with Gasteiger partial charge < -0.3 is 21.5 Å². The third-order valence-corrected chi connectivity index (χ3v) is 4.42. The van der Waals surface area contributed by atoms with Crippen LogP contribution in [-0.4, -0.2) is 30.7 Å². The molecule has 0 aromatic carbocycles.